The molecule has 0 radical (unpaired) electrons. The number of aliphatic hydroxyl groups excluding tert-OH is 1. The van der Waals surface area contributed by atoms with Crippen molar-refractivity contribution in [2.75, 3.05) is 11.5 Å². The Morgan fingerprint density at radius 2 is 1.44 bits per heavy atom. The summed E-state index contributed by atoms with van der Waals surface area (Å²) < 4.78 is 0. The lowest BCUT2D eigenvalue weighted by Crippen LogP contribution is -2.04. The van der Waals surface area contributed by atoms with Gasteiger partial charge in [-0.3, -0.25) is 20.2 Å². The van der Waals surface area contributed by atoms with E-state index in [2.05, 4.69) is 0 Å². The standard InChI is InChI=1S/C7H6N2O4.C7H8N2O3/c8-6-4(7(10)11)2-1-3-5(6)9(12)13;8-7-5(4-10)2-1-3-6(7)9(11)12/h1-3H,8H2,(H,10,11);1-3,10H,4,8H2. The highest BCUT2D eigenvalue weighted by Crippen LogP contribution is 2.25. The molecule has 0 bridgehead atoms. The van der Waals surface area contributed by atoms with Gasteiger partial charge in [0.25, 0.3) is 11.4 Å². The van der Waals surface area contributed by atoms with Crippen LogP contribution < -0.4 is 11.5 Å². The molecule has 11 nitrogen and oxygen atoms in total. The third kappa shape index (κ3) is 4.62. The topological polar surface area (TPSA) is 196 Å². The summed E-state index contributed by atoms with van der Waals surface area (Å²) in [5.41, 5.74) is 9.94. The Balaban J connectivity index is 0.000000251. The monoisotopic (exact) mass is 350 g/mol. The Bertz CT molecular complexity index is 791. The summed E-state index contributed by atoms with van der Waals surface area (Å²) in [6.45, 7) is -0.284. The second-order valence-corrected chi connectivity index (χ2v) is 4.57. The van der Waals surface area contributed by atoms with Crippen LogP contribution in [0.5, 0.6) is 0 Å². The number of carboxylic acids is 1. The maximum atomic E-state index is 10.5. The van der Waals surface area contributed by atoms with Crippen LogP contribution in [-0.4, -0.2) is 26.0 Å². The molecule has 0 atom stereocenters. The fraction of sp³-hybridized carbons (Fsp3) is 0.0714. The molecule has 25 heavy (non-hydrogen) atoms. The maximum absolute atomic E-state index is 10.5. The highest BCUT2D eigenvalue weighted by atomic mass is 16.6. The first kappa shape index (κ1) is 19.3. The smallest absolute Gasteiger partial charge is 0.338 e. The van der Waals surface area contributed by atoms with Gasteiger partial charge in [0, 0.05) is 17.7 Å². The Kier molecular flexibility index (Phi) is 6.35. The molecule has 0 amide bonds. The van der Waals surface area contributed by atoms with Crippen LogP contribution in [0.3, 0.4) is 0 Å². The normalized spacial score (nSPS) is 9.64. The van der Waals surface area contributed by atoms with Crippen molar-refractivity contribution in [1.29, 1.82) is 0 Å². The van der Waals surface area contributed by atoms with Crippen molar-refractivity contribution < 1.29 is 24.9 Å². The van der Waals surface area contributed by atoms with E-state index in [1.807, 2.05) is 0 Å². The minimum Gasteiger partial charge on any atom is -0.478 e. The van der Waals surface area contributed by atoms with Gasteiger partial charge in [0.15, 0.2) is 0 Å². The van der Waals surface area contributed by atoms with E-state index in [0.717, 1.165) is 6.07 Å². The number of hydrogen-bond acceptors (Lipinski definition) is 8. The zero-order valence-corrected chi connectivity index (χ0v) is 12.7. The number of anilines is 2. The van der Waals surface area contributed by atoms with E-state index in [-0.39, 0.29) is 34.9 Å². The van der Waals surface area contributed by atoms with E-state index >= 15 is 0 Å². The van der Waals surface area contributed by atoms with Gasteiger partial charge < -0.3 is 21.7 Å². The SMILES string of the molecule is Nc1c(C(=O)O)cccc1[N+](=O)[O-].Nc1c(CO)cccc1[N+](=O)[O-]. The number of carboxylic acid groups (broad SMARTS) is 1. The van der Waals surface area contributed by atoms with E-state index < -0.39 is 15.8 Å². The molecule has 2 aromatic carbocycles. The van der Waals surface area contributed by atoms with Crippen LogP contribution in [0.15, 0.2) is 36.4 Å². The number of rotatable bonds is 4. The minimum atomic E-state index is -1.28. The molecule has 0 saturated heterocycles. The number of hydrogen-bond donors (Lipinski definition) is 4. The lowest BCUT2D eigenvalue weighted by Gasteiger charge is -2.01. The van der Waals surface area contributed by atoms with Crippen LogP contribution in [-0.2, 0) is 6.61 Å². The second-order valence-electron chi connectivity index (χ2n) is 4.57. The van der Waals surface area contributed by atoms with Crippen molar-refractivity contribution >= 4 is 28.7 Å². The van der Waals surface area contributed by atoms with Crippen molar-refractivity contribution in [3.05, 3.63) is 67.8 Å². The van der Waals surface area contributed by atoms with Crippen LogP contribution in [0.25, 0.3) is 0 Å². The minimum absolute atomic E-state index is 0.0324. The number of nitrogen functional groups attached to an aromatic ring is 2. The van der Waals surface area contributed by atoms with Gasteiger partial charge in [-0.1, -0.05) is 18.2 Å². The summed E-state index contributed by atoms with van der Waals surface area (Å²) in [6, 6.07) is 7.97. The number of nitro groups is 2. The van der Waals surface area contributed by atoms with Gasteiger partial charge >= 0.3 is 5.97 Å². The molecule has 0 aliphatic heterocycles. The number of nitrogens with two attached hydrogens (primary N) is 2. The number of benzene rings is 2. The summed E-state index contributed by atoms with van der Waals surface area (Å²) >= 11 is 0. The average Bonchev–Trinajstić information content (AvgIpc) is 2.55. The van der Waals surface area contributed by atoms with Gasteiger partial charge in [-0.15, -0.1) is 0 Å². The molecule has 2 rings (SSSR count). The summed E-state index contributed by atoms with van der Waals surface area (Å²) in [6.07, 6.45) is 0. The van der Waals surface area contributed by atoms with Crippen molar-refractivity contribution in [3.63, 3.8) is 0 Å². The van der Waals surface area contributed by atoms with Gasteiger partial charge in [-0.25, -0.2) is 4.79 Å². The third-order valence-corrected chi connectivity index (χ3v) is 3.05. The largest absolute Gasteiger partial charge is 0.478 e. The van der Waals surface area contributed by atoms with Gasteiger partial charge in [0.2, 0.25) is 0 Å². The molecule has 132 valence electrons. The number of nitrogens with zero attached hydrogens (tertiary/aromatic N) is 2. The lowest BCUT2D eigenvalue weighted by atomic mass is 10.1. The number of para-hydroxylation sites is 2. The molecule has 0 spiro atoms. The maximum Gasteiger partial charge on any atom is 0.338 e. The third-order valence-electron chi connectivity index (χ3n) is 3.05. The average molecular weight is 350 g/mol. The van der Waals surface area contributed by atoms with E-state index in [1.54, 1.807) is 6.07 Å². The second kappa shape index (κ2) is 8.21. The Hall–Kier alpha value is -3.73. The molecule has 2 aromatic rings. The van der Waals surface area contributed by atoms with Crippen LogP contribution in [0.2, 0.25) is 0 Å². The quantitative estimate of drug-likeness (QED) is 0.359. The first-order chi connectivity index (χ1) is 11.7. The first-order valence-electron chi connectivity index (χ1n) is 6.59. The summed E-state index contributed by atoms with van der Waals surface area (Å²) in [5, 5.41) is 38.0. The molecular formula is C14H14N4O7. The van der Waals surface area contributed by atoms with E-state index in [4.69, 9.17) is 21.7 Å². The zero-order valence-electron chi connectivity index (χ0n) is 12.7. The van der Waals surface area contributed by atoms with Crippen LogP contribution >= 0.6 is 0 Å². The molecule has 0 aromatic heterocycles. The number of aliphatic hydroxyl groups is 1. The Morgan fingerprint density at radius 3 is 1.88 bits per heavy atom. The van der Waals surface area contributed by atoms with Crippen LogP contribution in [0, 0.1) is 20.2 Å². The van der Waals surface area contributed by atoms with Crippen molar-refractivity contribution in [2.45, 2.75) is 6.61 Å². The number of carbonyl (C=O) groups is 1. The molecule has 0 fully saturated rings. The molecule has 11 heteroatoms. The van der Waals surface area contributed by atoms with Crippen LogP contribution in [0.4, 0.5) is 22.7 Å². The van der Waals surface area contributed by atoms with Crippen LogP contribution in [0.1, 0.15) is 15.9 Å². The van der Waals surface area contributed by atoms with Gasteiger partial charge in [-0.2, -0.15) is 0 Å². The highest BCUT2D eigenvalue weighted by Gasteiger charge is 2.17. The predicted octanol–water partition coefficient (Wildman–Crippen LogP) is 1.54. The molecule has 0 unspecified atom stereocenters. The molecular weight excluding hydrogens is 336 g/mol. The fourth-order valence-electron chi connectivity index (χ4n) is 1.80. The Morgan fingerprint density at radius 1 is 0.960 bits per heavy atom. The molecule has 0 aliphatic rings. The van der Waals surface area contributed by atoms with Gasteiger partial charge in [0.1, 0.15) is 11.4 Å². The molecule has 0 aliphatic carbocycles. The van der Waals surface area contributed by atoms with Crippen molar-refractivity contribution in [1.82, 2.24) is 0 Å². The highest BCUT2D eigenvalue weighted by molar-refractivity contribution is 5.95. The van der Waals surface area contributed by atoms with E-state index in [9.17, 15) is 25.0 Å². The first-order valence-corrected chi connectivity index (χ1v) is 6.59. The molecule has 0 heterocycles. The number of aromatic carboxylic acids is 1. The fourth-order valence-corrected chi connectivity index (χ4v) is 1.80. The van der Waals surface area contributed by atoms with E-state index in [1.165, 1.54) is 24.3 Å². The molecule has 0 saturated carbocycles. The predicted molar refractivity (Wildman–Crippen MR) is 87.9 cm³/mol. The Labute approximate surface area is 140 Å². The number of nitro benzene ring substituents is 2. The summed E-state index contributed by atoms with van der Waals surface area (Å²) in [7, 11) is 0. The van der Waals surface area contributed by atoms with Crippen molar-refractivity contribution in [2.24, 2.45) is 0 Å². The van der Waals surface area contributed by atoms with E-state index in [0.29, 0.717) is 5.56 Å². The van der Waals surface area contributed by atoms with Gasteiger partial charge in [-0.05, 0) is 6.07 Å². The summed E-state index contributed by atoms with van der Waals surface area (Å²) in [5.74, 6) is -1.28. The molecule has 6 N–H and O–H groups in total. The lowest BCUT2D eigenvalue weighted by molar-refractivity contribution is -0.384. The van der Waals surface area contributed by atoms with Crippen molar-refractivity contribution in [3.8, 4) is 0 Å². The van der Waals surface area contributed by atoms with Gasteiger partial charge in [0.05, 0.1) is 22.0 Å². The summed E-state index contributed by atoms with van der Waals surface area (Å²) in [4.78, 5) is 29.9. The zero-order chi connectivity index (χ0) is 19.1.